The first-order chi connectivity index (χ1) is 9.61. The number of rotatable bonds is 4. The summed E-state index contributed by atoms with van der Waals surface area (Å²) in [7, 11) is 0. The molecule has 104 valence electrons. The Bertz CT molecular complexity index is 628. The van der Waals surface area contributed by atoms with E-state index in [4.69, 9.17) is 0 Å². The highest BCUT2D eigenvalue weighted by Crippen LogP contribution is 2.27. The zero-order valence-corrected chi connectivity index (χ0v) is 12.2. The van der Waals surface area contributed by atoms with Gasteiger partial charge in [-0.2, -0.15) is 0 Å². The fourth-order valence-electron chi connectivity index (χ4n) is 1.81. The molecular formula is C15H14BrNO3. The first-order valence-electron chi connectivity index (χ1n) is 6.04. The topological polar surface area (TPSA) is 69.6 Å². The van der Waals surface area contributed by atoms with Crippen molar-refractivity contribution in [2.24, 2.45) is 0 Å². The number of carbonyl (C=O) groups is 1. The van der Waals surface area contributed by atoms with Gasteiger partial charge in [0.2, 0.25) is 0 Å². The fourth-order valence-corrected chi connectivity index (χ4v) is 2.16. The van der Waals surface area contributed by atoms with Crippen LogP contribution < -0.4 is 5.32 Å². The first-order valence-corrected chi connectivity index (χ1v) is 7.17. The van der Waals surface area contributed by atoms with Crippen molar-refractivity contribution in [2.75, 3.05) is 0 Å². The molecule has 3 N–H and O–H groups in total. The van der Waals surface area contributed by atoms with Crippen LogP contribution in [0.2, 0.25) is 0 Å². The Labute approximate surface area is 125 Å². The molecule has 0 fully saturated rings. The number of carbonyl (C=O) groups excluding carboxylic acids is 1. The summed E-state index contributed by atoms with van der Waals surface area (Å²) < 4.78 is 0. The second kappa shape index (κ2) is 6.43. The maximum atomic E-state index is 12.0. The molecule has 0 aromatic heterocycles. The van der Waals surface area contributed by atoms with Gasteiger partial charge in [0.1, 0.15) is 0 Å². The number of benzene rings is 2. The van der Waals surface area contributed by atoms with Crippen molar-refractivity contribution in [1.29, 1.82) is 0 Å². The number of halogens is 1. The van der Waals surface area contributed by atoms with Gasteiger partial charge in [-0.05, 0) is 23.3 Å². The van der Waals surface area contributed by atoms with E-state index >= 15 is 0 Å². The Kier molecular flexibility index (Phi) is 4.63. The molecule has 0 spiro atoms. The molecule has 0 radical (unpaired) electrons. The number of hydrogen-bond acceptors (Lipinski definition) is 3. The Morgan fingerprint density at radius 3 is 2.55 bits per heavy atom. The summed E-state index contributed by atoms with van der Waals surface area (Å²) in [6.45, 7) is 0.356. The molecule has 0 bridgehead atoms. The normalized spacial score (nSPS) is 10.2. The third kappa shape index (κ3) is 3.30. The van der Waals surface area contributed by atoms with Crippen molar-refractivity contribution in [1.82, 2.24) is 5.32 Å². The monoisotopic (exact) mass is 335 g/mol. The molecule has 0 unspecified atom stereocenters. The quantitative estimate of drug-likeness (QED) is 0.594. The van der Waals surface area contributed by atoms with E-state index in [2.05, 4.69) is 21.2 Å². The zero-order chi connectivity index (χ0) is 14.5. The molecule has 0 saturated carbocycles. The average Bonchev–Trinajstić information content (AvgIpc) is 2.48. The maximum Gasteiger partial charge on any atom is 0.255 e. The minimum atomic E-state index is -0.428. The Balaban J connectivity index is 2.06. The number of alkyl halides is 1. The van der Waals surface area contributed by atoms with Crippen LogP contribution in [0.3, 0.4) is 0 Å². The van der Waals surface area contributed by atoms with Gasteiger partial charge in [0, 0.05) is 11.9 Å². The van der Waals surface area contributed by atoms with Gasteiger partial charge >= 0.3 is 0 Å². The molecule has 0 aliphatic heterocycles. The number of hydrogen-bond donors (Lipinski definition) is 3. The first kappa shape index (κ1) is 14.4. The van der Waals surface area contributed by atoms with E-state index in [1.54, 1.807) is 0 Å². The van der Waals surface area contributed by atoms with Crippen LogP contribution in [-0.2, 0) is 11.9 Å². The molecule has 4 nitrogen and oxygen atoms in total. The molecule has 0 saturated heterocycles. The van der Waals surface area contributed by atoms with E-state index in [9.17, 15) is 15.0 Å². The lowest BCUT2D eigenvalue weighted by molar-refractivity contribution is 0.0947. The third-order valence-corrected chi connectivity index (χ3v) is 3.51. The predicted molar refractivity (Wildman–Crippen MR) is 80.0 cm³/mol. The number of amides is 1. The number of nitrogens with one attached hydrogen (secondary N) is 1. The summed E-state index contributed by atoms with van der Waals surface area (Å²) in [6.07, 6.45) is 0. The van der Waals surface area contributed by atoms with Crippen LogP contribution in [0.5, 0.6) is 11.5 Å². The Hall–Kier alpha value is -2.01. The lowest BCUT2D eigenvalue weighted by Crippen LogP contribution is -2.22. The van der Waals surface area contributed by atoms with E-state index in [0.29, 0.717) is 6.54 Å². The van der Waals surface area contributed by atoms with Crippen molar-refractivity contribution in [3.05, 3.63) is 59.2 Å². The number of phenolic OH excluding ortho intramolecular Hbond substituents is 2. The fraction of sp³-hybridized carbons (Fsp3) is 0.133. The molecule has 2 rings (SSSR count). The van der Waals surface area contributed by atoms with E-state index in [0.717, 1.165) is 16.5 Å². The van der Waals surface area contributed by atoms with Gasteiger partial charge in [0.05, 0.1) is 5.56 Å². The van der Waals surface area contributed by atoms with Gasteiger partial charge in [-0.3, -0.25) is 4.79 Å². The second-order valence-corrected chi connectivity index (χ2v) is 4.87. The van der Waals surface area contributed by atoms with Crippen molar-refractivity contribution >= 4 is 21.8 Å². The summed E-state index contributed by atoms with van der Waals surface area (Å²) >= 11 is 3.38. The minimum absolute atomic E-state index is 0.0571. The number of para-hydroxylation sites is 1. The summed E-state index contributed by atoms with van der Waals surface area (Å²) in [6, 6.07) is 12.1. The van der Waals surface area contributed by atoms with Crippen LogP contribution in [0.4, 0.5) is 0 Å². The largest absolute Gasteiger partial charge is 0.504 e. The number of aromatic hydroxyl groups is 2. The smallest absolute Gasteiger partial charge is 0.255 e. The van der Waals surface area contributed by atoms with E-state index in [1.807, 2.05) is 24.3 Å². The molecular weight excluding hydrogens is 322 g/mol. The van der Waals surface area contributed by atoms with Crippen molar-refractivity contribution in [2.45, 2.75) is 11.9 Å². The Morgan fingerprint density at radius 2 is 1.80 bits per heavy atom. The van der Waals surface area contributed by atoms with Crippen LogP contribution in [-0.4, -0.2) is 16.1 Å². The van der Waals surface area contributed by atoms with Gasteiger partial charge in [-0.25, -0.2) is 0 Å². The van der Waals surface area contributed by atoms with Gasteiger partial charge in [-0.15, -0.1) is 0 Å². The van der Waals surface area contributed by atoms with E-state index < -0.39 is 11.7 Å². The van der Waals surface area contributed by atoms with Gasteiger partial charge in [0.25, 0.3) is 5.91 Å². The third-order valence-electron chi connectivity index (χ3n) is 2.86. The summed E-state index contributed by atoms with van der Waals surface area (Å²) in [5.41, 5.74) is 2.15. The maximum absolute atomic E-state index is 12.0. The molecule has 0 heterocycles. The van der Waals surface area contributed by atoms with Gasteiger partial charge in [-0.1, -0.05) is 46.3 Å². The molecule has 20 heavy (non-hydrogen) atoms. The van der Waals surface area contributed by atoms with Crippen LogP contribution in [0.25, 0.3) is 0 Å². The average molecular weight is 336 g/mol. The lowest BCUT2D eigenvalue weighted by Gasteiger charge is -2.08. The van der Waals surface area contributed by atoms with Gasteiger partial charge < -0.3 is 15.5 Å². The summed E-state index contributed by atoms with van der Waals surface area (Å²) in [4.78, 5) is 12.0. The molecule has 0 aliphatic carbocycles. The van der Waals surface area contributed by atoms with Crippen LogP contribution >= 0.6 is 15.9 Å². The molecule has 5 heteroatoms. The minimum Gasteiger partial charge on any atom is -0.504 e. The highest BCUT2D eigenvalue weighted by atomic mass is 79.9. The highest BCUT2D eigenvalue weighted by molar-refractivity contribution is 9.08. The van der Waals surface area contributed by atoms with Crippen molar-refractivity contribution in [3.63, 3.8) is 0 Å². The standard InChI is InChI=1S/C15H14BrNO3/c16-8-10-3-1-4-11(7-10)9-17-15(20)12-5-2-6-13(18)14(12)19/h1-7,18-19H,8-9H2,(H,17,20). The van der Waals surface area contributed by atoms with Crippen LogP contribution in [0.15, 0.2) is 42.5 Å². The lowest BCUT2D eigenvalue weighted by atomic mass is 10.1. The Morgan fingerprint density at radius 1 is 1.10 bits per heavy atom. The van der Waals surface area contributed by atoms with Crippen molar-refractivity contribution < 1.29 is 15.0 Å². The number of phenols is 2. The SMILES string of the molecule is O=C(NCc1cccc(CBr)c1)c1cccc(O)c1O. The van der Waals surface area contributed by atoms with Crippen LogP contribution in [0, 0.1) is 0 Å². The molecule has 2 aromatic carbocycles. The van der Waals surface area contributed by atoms with E-state index in [-0.39, 0.29) is 11.3 Å². The summed E-state index contributed by atoms with van der Waals surface area (Å²) in [5, 5.41) is 22.5. The molecule has 1 amide bonds. The zero-order valence-electron chi connectivity index (χ0n) is 10.6. The predicted octanol–water partition coefficient (Wildman–Crippen LogP) is 2.92. The summed E-state index contributed by atoms with van der Waals surface area (Å²) in [5.74, 6) is -1.14. The molecule has 0 aliphatic rings. The van der Waals surface area contributed by atoms with Crippen LogP contribution in [0.1, 0.15) is 21.5 Å². The molecule has 2 aromatic rings. The second-order valence-electron chi connectivity index (χ2n) is 4.31. The van der Waals surface area contributed by atoms with E-state index in [1.165, 1.54) is 18.2 Å². The van der Waals surface area contributed by atoms with Gasteiger partial charge in [0.15, 0.2) is 11.5 Å². The molecule has 0 atom stereocenters. The van der Waals surface area contributed by atoms with Crippen molar-refractivity contribution in [3.8, 4) is 11.5 Å². The highest BCUT2D eigenvalue weighted by Gasteiger charge is 2.13.